The van der Waals surface area contributed by atoms with Crippen LogP contribution in [0.1, 0.15) is 59.8 Å². The van der Waals surface area contributed by atoms with Crippen LogP contribution >= 0.6 is 0 Å². The van der Waals surface area contributed by atoms with Gasteiger partial charge in [-0.2, -0.15) is 0 Å². The molecule has 17 heavy (non-hydrogen) atoms. The summed E-state index contributed by atoms with van der Waals surface area (Å²) in [7, 11) is 0. The maximum Gasteiger partial charge on any atom is 0.0728 e. The highest BCUT2D eigenvalue weighted by Gasteiger charge is 2.34. The van der Waals surface area contributed by atoms with Crippen molar-refractivity contribution in [2.75, 3.05) is 0 Å². The summed E-state index contributed by atoms with van der Waals surface area (Å²) < 4.78 is 6.03. The summed E-state index contributed by atoms with van der Waals surface area (Å²) in [4.78, 5) is 0. The quantitative estimate of drug-likeness (QED) is 0.747. The zero-order valence-electron chi connectivity index (χ0n) is 11.6. The van der Waals surface area contributed by atoms with E-state index < -0.39 is 0 Å². The van der Waals surface area contributed by atoms with Gasteiger partial charge in [0.25, 0.3) is 0 Å². The lowest BCUT2D eigenvalue weighted by Crippen LogP contribution is -2.27. The van der Waals surface area contributed by atoms with E-state index in [1.807, 2.05) is 0 Å². The Kier molecular flexibility index (Phi) is 3.39. The van der Waals surface area contributed by atoms with Crippen molar-refractivity contribution in [3.63, 3.8) is 0 Å². The van der Waals surface area contributed by atoms with Gasteiger partial charge in [0.1, 0.15) is 0 Å². The van der Waals surface area contributed by atoms with Gasteiger partial charge in [0.05, 0.1) is 17.8 Å². The molecule has 0 radical (unpaired) electrons. The van der Waals surface area contributed by atoms with E-state index in [4.69, 9.17) is 4.74 Å². The van der Waals surface area contributed by atoms with Crippen molar-refractivity contribution in [1.82, 2.24) is 0 Å². The van der Waals surface area contributed by atoms with E-state index in [2.05, 4.69) is 33.8 Å². The van der Waals surface area contributed by atoms with Gasteiger partial charge in [-0.25, -0.2) is 0 Å². The second-order valence-electron chi connectivity index (χ2n) is 7.18. The molecule has 0 bridgehead atoms. The molecule has 1 N–H and O–H groups in total. The van der Waals surface area contributed by atoms with Gasteiger partial charge in [-0.05, 0) is 51.4 Å². The van der Waals surface area contributed by atoms with Gasteiger partial charge in [0.2, 0.25) is 0 Å². The number of hydrogen-bond acceptors (Lipinski definition) is 2. The summed E-state index contributed by atoms with van der Waals surface area (Å²) in [6.07, 6.45) is 7.44. The standard InChI is InChI=1S/C15H26O2/c1-14(2)9-11(7-12(16)10-14)8-13-5-6-15(3,4)17-13/h7,12-13,16H,5-6,8-10H2,1-4H3. The fourth-order valence-electron chi connectivity index (χ4n) is 3.30. The van der Waals surface area contributed by atoms with Gasteiger partial charge in [-0.15, -0.1) is 0 Å². The summed E-state index contributed by atoms with van der Waals surface area (Å²) in [5.41, 5.74) is 1.67. The average molecular weight is 238 g/mol. The third-order valence-electron chi connectivity index (χ3n) is 3.94. The molecule has 2 heteroatoms. The Morgan fingerprint density at radius 1 is 1.35 bits per heavy atom. The van der Waals surface area contributed by atoms with Crippen molar-refractivity contribution in [1.29, 1.82) is 0 Å². The van der Waals surface area contributed by atoms with E-state index in [0.29, 0.717) is 6.10 Å². The highest BCUT2D eigenvalue weighted by Crippen LogP contribution is 2.39. The zero-order valence-corrected chi connectivity index (χ0v) is 11.6. The molecule has 2 nitrogen and oxygen atoms in total. The van der Waals surface area contributed by atoms with Crippen LogP contribution in [-0.2, 0) is 4.74 Å². The Balaban J connectivity index is 1.95. The minimum Gasteiger partial charge on any atom is -0.389 e. The van der Waals surface area contributed by atoms with Crippen molar-refractivity contribution in [2.24, 2.45) is 5.41 Å². The highest BCUT2D eigenvalue weighted by atomic mass is 16.5. The maximum atomic E-state index is 9.87. The van der Waals surface area contributed by atoms with E-state index in [1.165, 1.54) is 5.57 Å². The number of aliphatic hydroxyl groups is 1. The molecule has 0 spiro atoms. The topological polar surface area (TPSA) is 29.5 Å². The summed E-state index contributed by atoms with van der Waals surface area (Å²) in [6, 6.07) is 0. The van der Waals surface area contributed by atoms with Crippen molar-refractivity contribution < 1.29 is 9.84 Å². The van der Waals surface area contributed by atoms with Gasteiger partial charge in [0.15, 0.2) is 0 Å². The Bertz CT molecular complexity index is 315. The number of hydrogen-bond donors (Lipinski definition) is 1. The van der Waals surface area contributed by atoms with Crippen LogP contribution in [0.4, 0.5) is 0 Å². The Hall–Kier alpha value is -0.340. The average Bonchev–Trinajstić information content (AvgIpc) is 2.41. The molecule has 2 rings (SSSR count). The molecule has 1 aliphatic heterocycles. The normalized spacial score (nSPS) is 35.7. The van der Waals surface area contributed by atoms with Crippen molar-refractivity contribution in [3.8, 4) is 0 Å². The Labute approximate surface area is 105 Å². The molecule has 2 aliphatic rings. The van der Waals surface area contributed by atoms with Crippen molar-refractivity contribution in [2.45, 2.75) is 77.6 Å². The first-order chi connectivity index (χ1) is 7.76. The molecule has 98 valence electrons. The van der Waals surface area contributed by atoms with Gasteiger partial charge in [-0.3, -0.25) is 0 Å². The van der Waals surface area contributed by atoms with E-state index in [-0.39, 0.29) is 17.1 Å². The molecule has 2 atom stereocenters. The SMILES string of the molecule is CC1(C)CC(CC2CCC(C)(C)O2)=CC(O)C1. The Morgan fingerprint density at radius 3 is 2.59 bits per heavy atom. The summed E-state index contributed by atoms with van der Waals surface area (Å²) in [5.74, 6) is 0. The molecule has 1 fully saturated rings. The largest absolute Gasteiger partial charge is 0.389 e. The number of rotatable bonds is 2. The molecule has 0 aromatic rings. The third kappa shape index (κ3) is 3.56. The molecule has 0 amide bonds. The van der Waals surface area contributed by atoms with Gasteiger partial charge >= 0.3 is 0 Å². The first-order valence-electron chi connectivity index (χ1n) is 6.81. The molecule has 1 saturated heterocycles. The second kappa shape index (κ2) is 4.40. The predicted octanol–water partition coefficient (Wildman–Crippen LogP) is 3.44. The van der Waals surface area contributed by atoms with Crippen molar-refractivity contribution >= 4 is 0 Å². The summed E-state index contributed by atoms with van der Waals surface area (Å²) >= 11 is 0. The van der Waals surface area contributed by atoms with Gasteiger partial charge < -0.3 is 9.84 Å². The lowest BCUT2D eigenvalue weighted by molar-refractivity contribution is -0.0157. The predicted molar refractivity (Wildman–Crippen MR) is 69.9 cm³/mol. The van der Waals surface area contributed by atoms with Crippen LogP contribution in [0.3, 0.4) is 0 Å². The molecule has 1 heterocycles. The van der Waals surface area contributed by atoms with Crippen LogP contribution in [0, 0.1) is 5.41 Å². The Morgan fingerprint density at radius 2 is 2.06 bits per heavy atom. The first kappa shape index (κ1) is 13.1. The highest BCUT2D eigenvalue weighted by molar-refractivity contribution is 5.14. The lowest BCUT2D eigenvalue weighted by Gasteiger charge is -2.33. The number of ether oxygens (including phenoxy) is 1. The molecule has 1 aliphatic carbocycles. The molecule has 0 aromatic heterocycles. The fourth-order valence-corrected chi connectivity index (χ4v) is 3.30. The molecule has 0 aromatic carbocycles. The van der Waals surface area contributed by atoms with E-state index >= 15 is 0 Å². The second-order valence-corrected chi connectivity index (χ2v) is 7.18. The maximum absolute atomic E-state index is 9.87. The van der Waals surface area contributed by atoms with Crippen LogP contribution in [0.25, 0.3) is 0 Å². The van der Waals surface area contributed by atoms with E-state index in [9.17, 15) is 5.11 Å². The van der Waals surface area contributed by atoms with Gasteiger partial charge in [0, 0.05) is 0 Å². The summed E-state index contributed by atoms with van der Waals surface area (Å²) in [6.45, 7) is 8.81. The van der Waals surface area contributed by atoms with Crippen LogP contribution in [0.15, 0.2) is 11.6 Å². The van der Waals surface area contributed by atoms with Crippen LogP contribution < -0.4 is 0 Å². The minimum absolute atomic E-state index is 0.0496. The first-order valence-corrected chi connectivity index (χ1v) is 6.81. The van der Waals surface area contributed by atoms with E-state index in [1.54, 1.807) is 0 Å². The fraction of sp³-hybridized carbons (Fsp3) is 0.867. The lowest BCUT2D eigenvalue weighted by atomic mass is 9.75. The molecular formula is C15H26O2. The molecule has 0 saturated carbocycles. The monoisotopic (exact) mass is 238 g/mol. The number of aliphatic hydroxyl groups excluding tert-OH is 1. The van der Waals surface area contributed by atoms with Crippen LogP contribution in [0.5, 0.6) is 0 Å². The van der Waals surface area contributed by atoms with Crippen molar-refractivity contribution in [3.05, 3.63) is 11.6 Å². The zero-order chi connectivity index (χ0) is 12.7. The third-order valence-corrected chi connectivity index (χ3v) is 3.94. The molecular weight excluding hydrogens is 212 g/mol. The minimum atomic E-state index is -0.261. The smallest absolute Gasteiger partial charge is 0.0728 e. The van der Waals surface area contributed by atoms with Gasteiger partial charge in [-0.1, -0.05) is 25.5 Å². The van der Waals surface area contributed by atoms with E-state index in [0.717, 1.165) is 32.1 Å². The summed E-state index contributed by atoms with van der Waals surface area (Å²) in [5, 5.41) is 9.87. The van der Waals surface area contributed by atoms with Crippen LogP contribution in [-0.4, -0.2) is 22.9 Å². The molecule has 2 unspecified atom stereocenters. The van der Waals surface area contributed by atoms with Crippen LogP contribution in [0.2, 0.25) is 0 Å².